The molecule has 0 aromatic rings. The van der Waals surface area contributed by atoms with E-state index in [-0.39, 0.29) is 75.7 Å². The predicted molar refractivity (Wildman–Crippen MR) is 340 cm³/mol. The second-order valence-corrected chi connectivity index (χ2v) is 26.0. The molecule has 23 heteroatoms. The fraction of sp³-hybridized carbons (Fsp3) is 0.726. The number of esters is 5. The van der Waals surface area contributed by atoms with Gasteiger partial charge in [-0.05, 0) is 114 Å². The number of nitrogens with zero attached hydrogens (tertiary/aromatic N) is 1. The summed E-state index contributed by atoms with van der Waals surface area (Å²) >= 11 is 5.56. The first-order valence-electron chi connectivity index (χ1n) is 29.4. The van der Waals surface area contributed by atoms with Crippen molar-refractivity contribution in [2.75, 3.05) is 54.4 Å². The number of ketones is 3. The van der Waals surface area contributed by atoms with Crippen molar-refractivity contribution in [1.82, 2.24) is 4.90 Å². The van der Waals surface area contributed by atoms with Crippen molar-refractivity contribution in [3.63, 3.8) is 0 Å². The summed E-state index contributed by atoms with van der Waals surface area (Å²) in [5.74, 6) is -11.6. The Morgan fingerprint density at radius 3 is 2.04 bits per heavy atom. The zero-order valence-electron chi connectivity index (χ0n) is 51.2. The van der Waals surface area contributed by atoms with Gasteiger partial charge in [0.05, 0.1) is 31.6 Å². The molecule has 2 saturated heterocycles. The summed E-state index contributed by atoms with van der Waals surface area (Å²) in [5, 5.41) is 12.1. The van der Waals surface area contributed by atoms with E-state index in [0.717, 1.165) is 10.5 Å². The van der Waals surface area contributed by atoms with Crippen LogP contribution in [-0.2, 0) is 85.8 Å². The van der Waals surface area contributed by atoms with Crippen LogP contribution in [0.1, 0.15) is 132 Å². The topological polar surface area (TPSA) is 260 Å². The lowest BCUT2D eigenvalue weighted by Crippen LogP contribution is -2.61. The molecule has 3 fully saturated rings. The number of hydrogen-bond acceptors (Lipinski definition) is 19. The number of carbonyl (C=O) groups excluding carboxylic acids is 9. The number of allylic oxidation sites excluding steroid dienone is 6. The highest BCUT2D eigenvalue weighted by Crippen LogP contribution is 2.39. The van der Waals surface area contributed by atoms with Gasteiger partial charge in [0.15, 0.2) is 18.0 Å². The number of ether oxygens (including phenoxy) is 9. The number of amides is 1. The van der Waals surface area contributed by atoms with Crippen molar-refractivity contribution in [3.05, 3.63) is 47.6 Å². The normalized spacial score (nSPS) is 32.6. The van der Waals surface area contributed by atoms with Crippen LogP contribution in [0.3, 0.4) is 0 Å². The van der Waals surface area contributed by atoms with Gasteiger partial charge in [0, 0.05) is 58.5 Å². The van der Waals surface area contributed by atoms with Gasteiger partial charge in [-0.25, -0.2) is 4.79 Å². The summed E-state index contributed by atoms with van der Waals surface area (Å²) in [4.78, 5) is 125. The summed E-state index contributed by atoms with van der Waals surface area (Å²) in [6.45, 7) is 13.2. The van der Waals surface area contributed by atoms with E-state index in [9.17, 15) is 48.3 Å². The van der Waals surface area contributed by atoms with E-state index in [1.165, 1.54) is 21.1 Å². The Morgan fingerprint density at radius 2 is 1.42 bits per heavy atom. The van der Waals surface area contributed by atoms with Gasteiger partial charge in [-0.2, -0.15) is 0 Å². The van der Waals surface area contributed by atoms with Gasteiger partial charge in [0.25, 0.3) is 11.7 Å². The van der Waals surface area contributed by atoms with E-state index >= 15 is 0 Å². The van der Waals surface area contributed by atoms with Crippen LogP contribution in [-0.4, -0.2) is 172 Å². The minimum atomic E-state index is -2.50. The molecule has 1 aliphatic carbocycles. The Bertz CT molecular complexity index is 2430. The number of rotatable bonds is 16. The summed E-state index contributed by atoms with van der Waals surface area (Å²) < 4.78 is 52.9. The van der Waals surface area contributed by atoms with Gasteiger partial charge in [0.1, 0.15) is 42.7 Å². The molecule has 4 rings (SSSR count). The molecule has 3 heterocycles. The van der Waals surface area contributed by atoms with Crippen LogP contribution in [0.5, 0.6) is 0 Å². The van der Waals surface area contributed by atoms with Crippen LogP contribution < -0.4 is 0 Å². The quantitative estimate of drug-likeness (QED) is 0.0378. The number of carbonyl (C=O) groups is 9. The van der Waals surface area contributed by atoms with E-state index in [2.05, 4.69) is 0 Å². The lowest BCUT2D eigenvalue weighted by Gasteiger charge is -2.42. The molecule has 15 atom stereocenters. The molecule has 0 aromatic heterocycles. The third kappa shape index (κ3) is 21.5. The number of cyclic esters (lactones) is 1. The smallest absolute Gasteiger partial charge is 0.329 e. The first-order chi connectivity index (χ1) is 40.2. The van der Waals surface area contributed by atoms with Crippen LogP contribution >= 0.6 is 67.8 Å². The van der Waals surface area contributed by atoms with E-state index in [0.29, 0.717) is 63.4 Å². The molecular formula is C62H90I3NO19. The molecule has 1 unspecified atom stereocenters. The highest BCUT2D eigenvalue weighted by atomic mass is 127. The molecule has 85 heavy (non-hydrogen) atoms. The number of alkyl halides is 3. The zero-order chi connectivity index (χ0) is 63.3. The molecule has 1 saturated carbocycles. The molecule has 478 valence electrons. The molecule has 0 aromatic carbocycles. The number of methoxy groups -OCH3 is 3. The molecule has 20 nitrogen and oxygen atoms in total. The first kappa shape index (κ1) is 74.2. The molecule has 1 amide bonds. The number of aliphatic hydroxyl groups is 1. The van der Waals surface area contributed by atoms with E-state index in [1.54, 1.807) is 40.9 Å². The number of piperidine rings is 1. The maximum Gasteiger partial charge on any atom is 0.329 e. The standard InChI is InChI=1S/C62H90I3NO19/c1-36-17-13-12-14-18-37(2)48(77-9)29-44-22-20-42(7)62(76,85-44)57(72)58(73)66-24-16-15-19-45(66)59(74)82-49(30-46(67)38(3)26-41(6)55(84-53(70)33-65)56(79-11)54(71)40(5)25-36)39(4)27-43-21-23-47(50(28-43)78-10)83-60(75)61(8,34-80-51(68)31-63)35-81-52(69)32-64/h12-14,17-18,26,36,38-40,42-45,47-50,55-56,76H,15-16,19-25,27-35H2,1-11H3/b14-12?,17-13-,37-18?,41-26+/t36-,38+,39+,40+,42+,43-,44-,45-,47+,48-,49?,50+,55+,56-,62+/m0/s1. The van der Waals surface area contributed by atoms with E-state index < -0.39 is 125 Å². The van der Waals surface area contributed by atoms with E-state index in [1.807, 2.05) is 119 Å². The van der Waals surface area contributed by atoms with Gasteiger partial charge < -0.3 is 52.6 Å². The Morgan fingerprint density at radius 1 is 0.765 bits per heavy atom. The number of hydrogen-bond donors (Lipinski definition) is 1. The molecule has 0 spiro atoms. The maximum absolute atomic E-state index is 14.8. The summed E-state index contributed by atoms with van der Waals surface area (Å²) in [6.07, 6.45) is 9.14. The number of Topliss-reactive ketones (excluding diaryl/α,β-unsaturated/α-hetero) is 3. The minimum Gasteiger partial charge on any atom is -0.464 e. The molecule has 0 radical (unpaired) electrons. The fourth-order valence-corrected chi connectivity index (χ4v) is 12.2. The lowest BCUT2D eigenvalue weighted by molar-refractivity contribution is -0.265. The Kier molecular flexibility index (Phi) is 31.3. The second-order valence-electron chi connectivity index (χ2n) is 23.7. The first-order valence-corrected chi connectivity index (χ1v) is 34.0. The van der Waals surface area contributed by atoms with Crippen molar-refractivity contribution < 1.29 is 90.9 Å². The van der Waals surface area contributed by atoms with E-state index in [4.69, 9.17) is 42.6 Å². The molecule has 2 bridgehead atoms. The second kappa shape index (κ2) is 35.8. The van der Waals surface area contributed by atoms with Gasteiger partial charge >= 0.3 is 29.8 Å². The summed E-state index contributed by atoms with van der Waals surface area (Å²) in [5.41, 5.74) is -0.287. The lowest BCUT2D eigenvalue weighted by atomic mass is 9.78. The highest BCUT2D eigenvalue weighted by Gasteiger charge is 2.53. The van der Waals surface area contributed by atoms with Crippen molar-refractivity contribution in [1.29, 1.82) is 0 Å². The SMILES string of the molecule is CO[C@H]1C[C@@H]2CC[C@@H](C)[C@@](O)(O2)C(=O)C(=O)N2CCCC[C@H]2C(=O)OC([C@H](C)C[C@@H]2CC[C@@H](OC(=O)C(C)(COC(=O)CI)COC(=O)CI)[C@H](OC)C2)CC(=O)[C@H](C)/C=C(\C)[C@@H](OC(=O)CI)[C@@H](OC)C(=O)[C@H](C)C[C@@H](C)/C=C\C=CC=C1C. The highest BCUT2D eigenvalue weighted by molar-refractivity contribution is 14.1. The largest absolute Gasteiger partial charge is 0.464 e. The summed E-state index contributed by atoms with van der Waals surface area (Å²) in [7, 11) is 4.42. The summed E-state index contributed by atoms with van der Waals surface area (Å²) in [6, 6.07) is -1.25. The van der Waals surface area contributed by atoms with Crippen molar-refractivity contribution in [3.8, 4) is 0 Å². The Balaban J connectivity index is 1.74. The van der Waals surface area contributed by atoms with Gasteiger partial charge in [-0.1, -0.05) is 139 Å². The molecule has 3 aliphatic heterocycles. The van der Waals surface area contributed by atoms with Gasteiger partial charge in [-0.15, -0.1) is 0 Å². The van der Waals surface area contributed by atoms with Crippen LogP contribution in [0.4, 0.5) is 0 Å². The monoisotopic (exact) mass is 1530 g/mol. The molecule has 1 N–H and O–H groups in total. The Labute approximate surface area is 542 Å². The van der Waals surface area contributed by atoms with Crippen LogP contribution in [0.15, 0.2) is 47.6 Å². The third-order valence-corrected chi connectivity index (χ3v) is 18.7. The van der Waals surface area contributed by atoms with Crippen molar-refractivity contribution in [2.45, 2.75) is 187 Å². The van der Waals surface area contributed by atoms with Gasteiger partial charge in [-0.3, -0.25) is 38.4 Å². The van der Waals surface area contributed by atoms with Crippen molar-refractivity contribution >= 4 is 121 Å². The zero-order valence-corrected chi connectivity index (χ0v) is 57.6. The van der Waals surface area contributed by atoms with Gasteiger partial charge in [0.2, 0.25) is 5.79 Å². The third-order valence-electron chi connectivity index (χ3n) is 16.9. The van der Waals surface area contributed by atoms with Crippen molar-refractivity contribution in [2.24, 2.45) is 40.9 Å². The Hall–Kier alpha value is -3.22. The molecular weight excluding hydrogens is 1440 g/mol. The fourth-order valence-electron chi connectivity index (χ4n) is 11.5. The van der Waals surface area contributed by atoms with Crippen LogP contribution in [0, 0.1) is 40.9 Å². The minimum absolute atomic E-state index is 0.0153. The number of halogens is 3. The maximum atomic E-state index is 14.8. The average Bonchev–Trinajstić information content (AvgIpc) is 3.19. The number of fused-ring (bicyclic) bond motifs is 3. The van der Waals surface area contributed by atoms with Crippen LogP contribution in [0.2, 0.25) is 0 Å². The molecule has 4 aliphatic rings. The predicted octanol–water partition coefficient (Wildman–Crippen LogP) is 8.68. The van der Waals surface area contributed by atoms with Crippen LogP contribution in [0.25, 0.3) is 0 Å². The average molecular weight is 1530 g/mol.